The molecule has 1 aromatic heterocycles. The number of carboxylic acid groups (broad SMARTS) is 1. The van der Waals surface area contributed by atoms with Crippen LogP contribution in [0.3, 0.4) is 0 Å². The first kappa shape index (κ1) is 12.2. The third kappa shape index (κ3) is 2.20. The van der Waals surface area contributed by atoms with Gasteiger partial charge in [-0.2, -0.15) is 5.10 Å². The number of nitrogens with zero attached hydrogens (tertiary/aromatic N) is 2. The van der Waals surface area contributed by atoms with E-state index in [0.29, 0.717) is 15.6 Å². The SMILES string of the molecule is CC[C@@H](C(=O)O)n1nc(Br)c(Br)c1Br. The Morgan fingerprint density at radius 3 is 2.43 bits per heavy atom. The molecular formula is C7H7Br3N2O2. The number of carboxylic acids is 1. The maximum atomic E-state index is 10.9. The summed E-state index contributed by atoms with van der Waals surface area (Å²) < 4.78 is 3.36. The Labute approximate surface area is 106 Å². The fraction of sp³-hybridized carbons (Fsp3) is 0.429. The van der Waals surface area contributed by atoms with E-state index >= 15 is 0 Å². The molecule has 1 rings (SSSR count). The lowest BCUT2D eigenvalue weighted by Crippen LogP contribution is -2.19. The molecule has 1 aromatic rings. The summed E-state index contributed by atoms with van der Waals surface area (Å²) in [6, 6.07) is -0.646. The molecule has 0 radical (unpaired) electrons. The third-order valence-electron chi connectivity index (χ3n) is 1.73. The zero-order chi connectivity index (χ0) is 10.9. The maximum absolute atomic E-state index is 10.9. The van der Waals surface area contributed by atoms with Crippen molar-refractivity contribution < 1.29 is 9.90 Å². The van der Waals surface area contributed by atoms with Gasteiger partial charge in [-0.1, -0.05) is 6.92 Å². The van der Waals surface area contributed by atoms with E-state index in [4.69, 9.17) is 5.11 Å². The van der Waals surface area contributed by atoms with Gasteiger partial charge in [-0.15, -0.1) is 0 Å². The molecule has 0 aliphatic carbocycles. The van der Waals surface area contributed by atoms with E-state index in [1.165, 1.54) is 4.68 Å². The summed E-state index contributed by atoms with van der Waals surface area (Å²) in [4.78, 5) is 10.9. The van der Waals surface area contributed by atoms with Gasteiger partial charge < -0.3 is 5.11 Å². The first-order valence-corrected chi connectivity index (χ1v) is 6.18. The number of rotatable bonds is 3. The van der Waals surface area contributed by atoms with Crippen molar-refractivity contribution >= 4 is 53.8 Å². The van der Waals surface area contributed by atoms with Crippen molar-refractivity contribution in [1.29, 1.82) is 0 Å². The standard InChI is InChI=1S/C7H7Br3N2O2/c1-2-3(7(13)14)12-6(10)4(8)5(9)11-12/h3H,2H2,1H3,(H,13,14)/t3-/m0/s1. The van der Waals surface area contributed by atoms with Gasteiger partial charge in [-0.05, 0) is 54.2 Å². The molecule has 0 bridgehead atoms. The van der Waals surface area contributed by atoms with Crippen molar-refractivity contribution in [3.05, 3.63) is 13.7 Å². The highest BCUT2D eigenvalue weighted by Crippen LogP contribution is 2.32. The van der Waals surface area contributed by atoms with Crippen LogP contribution in [0.25, 0.3) is 0 Å². The van der Waals surface area contributed by atoms with E-state index in [-0.39, 0.29) is 0 Å². The van der Waals surface area contributed by atoms with E-state index in [9.17, 15) is 4.79 Å². The second kappa shape index (κ2) is 4.76. The van der Waals surface area contributed by atoms with E-state index in [2.05, 4.69) is 52.9 Å². The third-order valence-corrected chi connectivity index (χ3v) is 4.86. The van der Waals surface area contributed by atoms with Crippen LogP contribution in [-0.4, -0.2) is 20.9 Å². The first-order chi connectivity index (χ1) is 6.49. The molecule has 7 heteroatoms. The second-order valence-electron chi connectivity index (χ2n) is 2.60. The van der Waals surface area contributed by atoms with Crippen molar-refractivity contribution in [2.45, 2.75) is 19.4 Å². The Morgan fingerprint density at radius 1 is 1.57 bits per heavy atom. The van der Waals surface area contributed by atoms with Crippen molar-refractivity contribution in [2.24, 2.45) is 0 Å². The molecule has 0 spiro atoms. The van der Waals surface area contributed by atoms with E-state index in [1.807, 2.05) is 0 Å². The zero-order valence-corrected chi connectivity index (χ0v) is 11.9. The smallest absolute Gasteiger partial charge is 0.328 e. The Balaban J connectivity index is 3.17. The number of hydrogen-bond donors (Lipinski definition) is 1. The van der Waals surface area contributed by atoms with Crippen LogP contribution in [0.15, 0.2) is 13.7 Å². The summed E-state index contributed by atoms with van der Waals surface area (Å²) in [5, 5.41) is 13.0. The summed E-state index contributed by atoms with van der Waals surface area (Å²) in [6.07, 6.45) is 0.481. The predicted octanol–water partition coefficient (Wildman–Crippen LogP) is 3.21. The first-order valence-electron chi connectivity index (χ1n) is 3.80. The molecule has 0 aliphatic heterocycles. The highest BCUT2D eigenvalue weighted by atomic mass is 79.9. The molecule has 1 heterocycles. The minimum absolute atomic E-state index is 0.481. The summed E-state index contributed by atoms with van der Waals surface area (Å²) in [5.74, 6) is -0.893. The topological polar surface area (TPSA) is 55.1 Å². The lowest BCUT2D eigenvalue weighted by atomic mass is 10.2. The van der Waals surface area contributed by atoms with Crippen LogP contribution in [0.1, 0.15) is 19.4 Å². The van der Waals surface area contributed by atoms with Crippen LogP contribution in [0.2, 0.25) is 0 Å². The van der Waals surface area contributed by atoms with Crippen LogP contribution in [0, 0.1) is 0 Å². The molecule has 78 valence electrons. The fourth-order valence-electron chi connectivity index (χ4n) is 1.03. The summed E-state index contributed by atoms with van der Waals surface area (Å²) in [5.41, 5.74) is 0. The van der Waals surface area contributed by atoms with Crippen molar-refractivity contribution in [3.63, 3.8) is 0 Å². The van der Waals surface area contributed by atoms with Crippen LogP contribution in [0.5, 0.6) is 0 Å². The number of aromatic nitrogens is 2. The highest BCUT2D eigenvalue weighted by Gasteiger charge is 2.23. The van der Waals surface area contributed by atoms with Gasteiger partial charge in [0.05, 0.1) is 4.47 Å². The van der Waals surface area contributed by atoms with Crippen LogP contribution in [-0.2, 0) is 4.79 Å². The summed E-state index contributed by atoms with van der Waals surface area (Å²) in [7, 11) is 0. The quantitative estimate of drug-likeness (QED) is 0.862. The van der Waals surface area contributed by atoms with Gasteiger partial charge in [0, 0.05) is 0 Å². The van der Waals surface area contributed by atoms with E-state index in [0.717, 1.165) is 4.47 Å². The molecule has 14 heavy (non-hydrogen) atoms. The van der Waals surface area contributed by atoms with Gasteiger partial charge in [0.25, 0.3) is 0 Å². The molecule has 0 aliphatic rings. The van der Waals surface area contributed by atoms with Gasteiger partial charge in [-0.3, -0.25) is 0 Å². The van der Waals surface area contributed by atoms with Crippen LogP contribution >= 0.6 is 47.8 Å². The predicted molar refractivity (Wildman–Crippen MR) is 62.3 cm³/mol. The lowest BCUT2D eigenvalue weighted by Gasteiger charge is -2.10. The highest BCUT2D eigenvalue weighted by molar-refractivity contribution is 9.14. The molecule has 0 amide bonds. The molecule has 0 aromatic carbocycles. The average molecular weight is 391 g/mol. The molecule has 0 saturated carbocycles. The van der Waals surface area contributed by atoms with E-state index < -0.39 is 12.0 Å². The Bertz CT molecular complexity index is 364. The van der Waals surface area contributed by atoms with Crippen LogP contribution < -0.4 is 0 Å². The number of aliphatic carboxylic acids is 1. The van der Waals surface area contributed by atoms with Crippen molar-refractivity contribution in [1.82, 2.24) is 9.78 Å². The largest absolute Gasteiger partial charge is 0.480 e. The Hall–Kier alpha value is 0.120. The van der Waals surface area contributed by atoms with Gasteiger partial charge in [0.2, 0.25) is 0 Å². The van der Waals surface area contributed by atoms with Crippen molar-refractivity contribution in [2.75, 3.05) is 0 Å². The fourth-order valence-corrected chi connectivity index (χ4v) is 2.43. The normalized spacial score (nSPS) is 12.9. The second-order valence-corrected chi connectivity index (χ2v) is 4.90. The molecule has 1 atom stereocenters. The maximum Gasteiger partial charge on any atom is 0.328 e. The summed E-state index contributed by atoms with van der Waals surface area (Å²) in [6.45, 7) is 1.80. The van der Waals surface area contributed by atoms with Crippen LogP contribution in [0.4, 0.5) is 0 Å². The molecule has 0 unspecified atom stereocenters. The van der Waals surface area contributed by atoms with Gasteiger partial charge >= 0.3 is 5.97 Å². The van der Waals surface area contributed by atoms with Crippen molar-refractivity contribution in [3.8, 4) is 0 Å². The Morgan fingerprint density at radius 2 is 2.14 bits per heavy atom. The minimum atomic E-state index is -0.893. The minimum Gasteiger partial charge on any atom is -0.480 e. The zero-order valence-electron chi connectivity index (χ0n) is 7.17. The number of hydrogen-bond acceptors (Lipinski definition) is 2. The number of halogens is 3. The van der Waals surface area contributed by atoms with Gasteiger partial charge in [0.15, 0.2) is 0 Å². The molecule has 1 N–H and O–H groups in total. The molecular weight excluding hydrogens is 384 g/mol. The Kier molecular flexibility index (Phi) is 4.15. The lowest BCUT2D eigenvalue weighted by molar-refractivity contribution is -0.141. The molecule has 4 nitrogen and oxygen atoms in total. The summed E-state index contributed by atoms with van der Waals surface area (Å²) >= 11 is 9.76. The van der Waals surface area contributed by atoms with Gasteiger partial charge in [0.1, 0.15) is 15.2 Å². The number of carbonyl (C=O) groups is 1. The van der Waals surface area contributed by atoms with Gasteiger partial charge in [-0.25, -0.2) is 9.48 Å². The molecule has 0 saturated heterocycles. The van der Waals surface area contributed by atoms with E-state index in [1.54, 1.807) is 6.92 Å². The average Bonchev–Trinajstić information content (AvgIpc) is 2.35. The molecule has 0 fully saturated rings. The monoisotopic (exact) mass is 388 g/mol.